The SMILES string of the molecule is CCNS(=O)(=O)C1CCN(C(=NCCOC)NCCc2ccco2)C1. The van der Waals surface area contributed by atoms with Crippen LogP contribution in [0.5, 0.6) is 0 Å². The molecule has 1 atom stereocenters. The van der Waals surface area contributed by atoms with Gasteiger partial charge in [0.15, 0.2) is 5.96 Å². The van der Waals surface area contributed by atoms with Crippen LogP contribution in [-0.2, 0) is 21.2 Å². The fourth-order valence-electron chi connectivity index (χ4n) is 2.76. The van der Waals surface area contributed by atoms with Gasteiger partial charge >= 0.3 is 0 Å². The first kappa shape index (κ1) is 19.7. The number of rotatable bonds is 9. The summed E-state index contributed by atoms with van der Waals surface area (Å²) in [6.45, 7) is 5.02. The van der Waals surface area contributed by atoms with Crippen LogP contribution in [0.1, 0.15) is 19.1 Å². The number of hydrogen-bond acceptors (Lipinski definition) is 5. The molecule has 0 radical (unpaired) electrons. The van der Waals surface area contributed by atoms with E-state index in [0.29, 0.717) is 45.8 Å². The molecule has 1 unspecified atom stereocenters. The van der Waals surface area contributed by atoms with Crippen molar-refractivity contribution < 1.29 is 17.6 Å². The second-order valence-corrected chi connectivity index (χ2v) is 7.90. The molecular weight excluding hydrogens is 344 g/mol. The highest BCUT2D eigenvalue weighted by Crippen LogP contribution is 2.16. The van der Waals surface area contributed by atoms with Gasteiger partial charge in [0, 0.05) is 39.7 Å². The Morgan fingerprint density at radius 1 is 1.52 bits per heavy atom. The number of hydrogen-bond donors (Lipinski definition) is 2. The number of sulfonamides is 1. The highest BCUT2D eigenvalue weighted by atomic mass is 32.2. The topological polar surface area (TPSA) is 96.2 Å². The zero-order valence-corrected chi connectivity index (χ0v) is 15.7. The molecule has 1 aromatic rings. The minimum absolute atomic E-state index is 0.410. The minimum atomic E-state index is -3.27. The van der Waals surface area contributed by atoms with Gasteiger partial charge in [0.25, 0.3) is 0 Å². The molecular formula is C16H28N4O4S. The minimum Gasteiger partial charge on any atom is -0.469 e. The molecule has 1 saturated heterocycles. The molecule has 2 heterocycles. The smallest absolute Gasteiger partial charge is 0.216 e. The summed E-state index contributed by atoms with van der Waals surface area (Å²) in [5.74, 6) is 1.62. The molecule has 25 heavy (non-hydrogen) atoms. The molecule has 2 rings (SSSR count). The number of aliphatic imine (C=N–C) groups is 1. The maximum absolute atomic E-state index is 12.2. The number of guanidine groups is 1. The largest absolute Gasteiger partial charge is 0.469 e. The van der Waals surface area contributed by atoms with Gasteiger partial charge < -0.3 is 19.4 Å². The Balaban J connectivity index is 1.94. The van der Waals surface area contributed by atoms with E-state index in [-0.39, 0.29) is 0 Å². The van der Waals surface area contributed by atoms with Gasteiger partial charge in [-0.05, 0) is 18.6 Å². The lowest BCUT2D eigenvalue weighted by atomic mass is 10.3. The Bertz CT molecular complexity index is 631. The third-order valence-electron chi connectivity index (χ3n) is 4.02. The molecule has 0 saturated carbocycles. The van der Waals surface area contributed by atoms with Crippen molar-refractivity contribution in [3.05, 3.63) is 24.2 Å². The first-order valence-electron chi connectivity index (χ1n) is 8.60. The van der Waals surface area contributed by atoms with Gasteiger partial charge in [0.1, 0.15) is 5.76 Å². The Morgan fingerprint density at radius 2 is 2.36 bits per heavy atom. The summed E-state index contributed by atoms with van der Waals surface area (Å²) in [4.78, 5) is 6.53. The highest BCUT2D eigenvalue weighted by Gasteiger charge is 2.33. The van der Waals surface area contributed by atoms with E-state index in [1.165, 1.54) is 0 Å². The zero-order valence-electron chi connectivity index (χ0n) is 14.9. The van der Waals surface area contributed by atoms with E-state index in [1.807, 2.05) is 17.0 Å². The van der Waals surface area contributed by atoms with Crippen LogP contribution in [0.2, 0.25) is 0 Å². The number of nitrogens with zero attached hydrogens (tertiary/aromatic N) is 2. The molecule has 1 aliphatic heterocycles. The van der Waals surface area contributed by atoms with Crippen LogP contribution in [0, 0.1) is 0 Å². The zero-order chi connectivity index (χ0) is 18.1. The maximum atomic E-state index is 12.2. The molecule has 0 spiro atoms. The van der Waals surface area contributed by atoms with Crippen molar-refractivity contribution in [2.45, 2.75) is 25.0 Å². The molecule has 1 fully saturated rings. The summed E-state index contributed by atoms with van der Waals surface area (Å²) >= 11 is 0. The number of likely N-dealkylation sites (tertiary alicyclic amines) is 1. The van der Waals surface area contributed by atoms with Crippen molar-refractivity contribution in [3.8, 4) is 0 Å². The second-order valence-electron chi connectivity index (χ2n) is 5.85. The Morgan fingerprint density at radius 3 is 3.04 bits per heavy atom. The van der Waals surface area contributed by atoms with Gasteiger partial charge in [-0.2, -0.15) is 0 Å². The molecule has 9 heteroatoms. The van der Waals surface area contributed by atoms with E-state index >= 15 is 0 Å². The molecule has 0 bridgehead atoms. The monoisotopic (exact) mass is 372 g/mol. The van der Waals surface area contributed by atoms with Crippen molar-refractivity contribution >= 4 is 16.0 Å². The summed E-state index contributed by atoms with van der Waals surface area (Å²) in [5, 5.41) is 2.90. The summed E-state index contributed by atoms with van der Waals surface area (Å²) < 4.78 is 37.4. The average molecular weight is 372 g/mol. The quantitative estimate of drug-likeness (QED) is 0.371. The predicted molar refractivity (Wildman–Crippen MR) is 97.2 cm³/mol. The van der Waals surface area contributed by atoms with E-state index in [9.17, 15) is 8.42 Å². The van der Waals surface area contributed by atoms with Crippen LogP contribution in [0.4, 0.5) is 0 Å². The number of ether oxygens (including phenoxy) is 1. The Labute approximate surface area is 149 Å². The first-order chi connectivity index (χ1) is 12.1. The van der Waals surface area contributed by atoms with Crippen molar-refractivity contribution in [1.82, 2.24) is 14.9 Å². The Kier molecular flexibility index (Phi) is 7.73. The van der Waals surface area contributed by atoms with Crippen LogP contribution in [-0.4, -0.2) is 71.0 Å². The van der Waals surface area contributed by atoms with Crippen LogP contribution in [0.15, 0.2) is 27.8 Å². The van der Waals surface area contributed by atoms with Crippen molar-refractivity contribution in [1.29, 1.82) is 0 Å². The van der Waals surface area contributed by atoms with E-state index in [4.69, 9.17) is 9.15 Å². The van der Waals surface area contributed by atoms with E-state index < -0.39 is 15.3 Å². The molecule has 0 aromatic carbocycles. The number of methoxy groups -OCH3 is 1. The van der Waals surface area contributed by atoms with Crippen molar-refractivity contribution in [2.75, 3.05) is 46.4 Å². The van der Waals surface area contributed by atoms with Crippen molar-refractivity contribution in [3.63, 3.8) is 0 Å². The standard InChI is InChI=1S/C16H28N4O4S/c1-3-19-25(21,22)15-7-10-20(13-15)16(18-9-12-23-2)17-8-6-14-5-4-11-24-14/h4-5,11,15,19H,3,6-10,12-13H2,1-2H3,(H,17,18). The van der Waals surface area contributed by atoms with E-state index in [0.717, 1.165) is 18.1 Å². The normalized spacial score (nSPS) is 18.7. The van der Waals surface area contributed by atoms with Gasteiger partial charge in [0.2, 0.25) is 10.0 Å². The summed E-state index contributed by atoms with van der Waals surface area (Å²) in [7, 11) is -1.64. The molecule has 8 nitrogen and oxygen atoms in total. The second kappa shape index (κ2) is 9.79. The third-order valence-corrected chi connectivity index (χ3v) is 5.97. The lowest BCUT2D eigenvalue weighted by Gasteiger charge is -2.22. The highest BCUT2D eigenvalue weighted by molar-refractivity contribution is 7.90. The van der Waals surface area contributed by atoms with Crippen LogP contribution < -0.4 is 10.0 Å². The van der Waals surface area contributed by atoms with Gasteiger partial charge in [0.05, 0.1) is 24.7 Å². The van der Waals surface area contributed by atoms with Crippen molar-refractivity contribution in [2.24, 2.45) is 4.99 Å². The van der Waals surface area contributed by atoms with E-state index in [1.54, 1.807) is 20.3 Å². The number of nitrogens with one attached hydrogen (secondary N) is 2. The molecule has 1 aromatic heterocycles. The van der Waals surface area contributed by atoms with Gasteiger partial charge in [-0.1, -0.05) is 6.92 Å². The summed E-state index contributed by atoms with van der Waals surface area (Å²) in [6, 6.07) is 3.79. The first-order valence-corrected chi connectivity index (χ1v) is 10.1. The fraction of sp³-hybridized carbons (Fsp3) is 0.688. The van der Waals surface area contributed by atoms with Gasteiger partial charge in [-0.15, -0.1) is 0 Å². The van der Waals surface area contributed by atoms with Crippen LogP contribution in [0.25, 0.3) is 0 Å². The lowest BCUT2D eigenvalue weighted by Crippen LogP contribution is -2.43. The van der Waals surface area contributed by atoms with Gasteiger partial charge in [-0.25, -0.2) is 13.1 Å². The summed E-state index contributed by atoms with van der Waals surface area (Å²) in [6.07, 6.45) is 2.99. The maximum Gasteiger partial charge on any atom is 0.216 e. The molecule has 0 amide bonds. The van der Waals surface area contributed by atoms with Crippen LogP contribution in [0.3, 0.4) is 0 Å². The van der Waals surface area contributed by atoms with Gasteiger partial charge in [-0.3, -0.25) is 4.99 Å². The third kappa shape index (κ3) is 6.02. The van der Waals surface area contributed by atoms with Crippen LogP contribution >= 0.6 is 0 Å². The Hall–Kier alpha value is -1.58. The molecule has 0 aliphatic carbocycles. The fourth-order valence-corrected chi connectivity index (χ4v) is 4.19. The number of furan rings is 1. The average Bonchev–Trinajstić information content (AvgIpc) is 3.25. The van der Waals surface area contributed by atoms with E-state index in [2.05, 4.69) is 15.0 Å². The molecule has 1 aliphatic rings. The predicted octanol–water partition coefficient (Wildman–Crippen LogP) is 0.428. The summed E-state index contributed by atoms with van der Waals surface area (Å²) in [5.41, 5.74) is 0. The lowest BCUT2D eigenvalue weighted by molar-refractivity contribution is 0.207. The molecule has 2 N–H and O–H groups in total. The molecule has 142 valence electrons.